The third kappa shape index (κ3) is 4.25. The highest BCUT2D eigenvalue weighted by atomic mass is 32.2. The zero-order valence-corrected chi connectivity index (χ0v) is 12.4. The molecule has 0 atom stereocenters. The van der Waals surface area contributed by atoms with Gasteiger partial charge in [0.2, 0.25) is 0 Å². The van der Waals surface area contributed by atoms with Crippen LogP contribution in [0.25, 0.3) is 0 Å². The standard InChI is InChI=1S/C13H10F3N3O3S/c1-23(21,22)10-4-2-3-9(6-10)18-12(20)8-5-11(13(14,15)16)19-17-7-8/h2-7H,1H3,(H,18,20). The molecule has 0 bridgehead atoms. The van der Waals surface area contributed by atoms with E-state index in [1.807, 2.05) is 0 Å². The highest BCUT2D eigenvalue weighted by Crippen LogP contribution is 2.27. The Bertz CT molecular complexity index is 851. The SMILES string of the molecule is CS(=O)(=O)c1cccc(NC(=O)c2cnnc(C(F)(F)F)c2)c1. The minimum Gasteiger partial charge on any atom is -0.322 e. The zero-order valence-electron chi connectivity index (χ0n) is 11.6. The quantitative estimate of drug-likeness (QED) is 0.921. The van der Waals surface area contributed by atoms with Crippen molar-refractivity contribution in [1.82, 2.24) is 10.2 Å². The predicted molar refractivity (Wildman–Crippen MR) is 74.5 cm³/mol. The molecule has 0 fully saturated rings. The van der Waals surface area contributed by atoms with Crippen molar-refractivity contribution in [2.45, 2.75) is 11.1 Å². The van der Waals surface area contributed by atoms with Crippen LogP contribution in [0.3, 0.4) is 0 Å². The molecule has 0 radical (unpaired) electrons. The van der Waals surface area contributed by atoms with Crippen molar-refractivity contribution >= 4 is 21.4 Å². The van der Waals surface area contributed by atoms with E-state index in [9.17, 15) is 26.4 Å². The molecule has 1 amide bonds. The Balaban J connectivity index is 2.27. The molecule has 10 heteroatoms. The van der Waals surface area contributed by atoms with E-state index < -0.39 is 27.6 Å². The third-order valence-electron chi connectivity index (χ3n) is 2.73. The Morgan fingerprint density at radius 3 is 2.52 bits per heavy atom. The molecule has 0 spiro atoms. The lowest BCUT2D eigenvalue weighted by Crippen LogP contribution is -2.16. The minimum absolute atomic E-state index is 0.0286. The number of amides is 1. The van der Waals surface area contributed by atoms with Gasteiger partial charge in [-0.05, 0) is 24.3 Å². The van der Waals surface area contributed by atoms with E-state index >= 15 is 0 Å². The van der Waals surface area contributed by atoms with Crippen molar-refractivity contribution in [2.24, 2.45) is 0 Å². The monoisotopic (exact) mass is 345 g/mol. The number of hydrogen-bond donors (Lipinski definition) is 1. The topological polar surface area (TPSA) is 89.0 Å². The Morgan fingerprint density at radius 2 is 1.91 bits per heavy atom. The average Bonchev–Trinajstić information content (AvgIpc) is 2.46. The van der Waals surface area contributed by atoms with Crippen LogP contribution in [0.5, 0.6) is 0 Å². The smallest absolute Gasteiger partial charge is 0.322 e. The fourth-order valence-electron chi connectivity index (χ4n) is 1.64. The summed E-state index contributed by atoms with van der Waals surface area (Å²) in [6.45, 7) is 0. The van der Waals surface area contributed by atoms with E-state index in [1.165, 1.54) is 24.3 Å². The van der Waals surface area contributed by atoms with Crippen LogP contribution in [0, 0.1) is 0 Å². The number of anilines is 1. The highest BCUT2D eigenvalue weighted by Gasteiger charge is 2.33. The largest absolute Gasteiger partial charge is 0.435 e. The number of hydrogen-bond acceptors (Lipinski definition) is 5. The summed E-state index contributed by atoms with van der Waals surface area (Å²) in [5, 5.41) is 8.37. The number of carbonyl (C=O) groups excluding carboxylic acids is 1. The Hall–Kier alpha value is -2.49. The summed E-state index contributed by atoms with van der Waals surface area (Å²) < 4.78 is 60.5. The molecule has 2 aromatic rings. The van der Waals surface area contributed by atoms with Gasteiger partial charge in [0.25, 0.3) is 5.91 Å². The first kappa shape index (κ1) is 16.9. The summed E-state index contributed by atoms with van der Waals surface area (Å²) in [5.41, 5.74) is -1.52. The van der Waals surface area contributed by atoms with Gasteiger partial charge < -0.3 is 5.32 Å². The molecule has 0 aliphatic carbocycles. The normalized spacial score (nSPS) is 12.0. The number of rotatable bonds is 3. The number of halogens is 3. The molecule has 0 saturated carbocycles. The summed E-state index contributed by atoms with van der Waals surface area (Å²) in [6, 6.07) is 5.90. The van der Waals surface area contributed by atoms with E-state index in [-0.39, 0.29) is 16.1 Å². The number of alkyl halides is 3. The summed E-state index contributed by atoms with van der Waals surface area (Å²) in [5.74, 6) is -0.865. The van der Waals surface area contributed by atoms with E-state index in [2.05, 4.69) is 15.5 Å². The van der Waals surface area contributed by atoms with Gasteiger partial charge in [0.15, 0.2) is 15.5 Å². The van der Waals surface area contributed by atoms with Crippen molar-refractivity contribution < 1.29 is 26.4 Å². The van der Waals surface area contributed by atoms with Crippen LogP contribution in [0.4, 0.5) is 18.9 Å². The molecule has 6 nitrogen and oxygen atoms in total. The molecule has 1 aromatic carbocycles. The molecule has 0 unspecified atom stereocenters. The zero-order chi connectivity index (χ0) is 17.3. The van der Waals surface area contributed by atoms with Crippen molar-refractivity contribution in [3.05, 3.63) is 47.8 Å². The minimum atomic E-state index is -4.72. The fourth-order valence-corrected chi connectivity index (χ4v) is 2.30. The Kier molecular flexibility index (Phi) is 4.37. The Labute approximate surface area is 129 Å². The fraction of sp³-hybridized carbons (Fsp3) is 0.154. The molecule has 1 heterocycles. The molecule has 0 aliphatic heterocycles. The number of carbonyl (C=O) groups is 1. The number of aromatic nitrogens is 2. The molecule has 23 heavy (non-hydrogen) atoms. The summed E-state index contributed by atoms with van der Waals surface area (Å²) in [4.78, 5) is 11.9. The lowest BCUT2D eigenvalue weighted by molar-refractivity contribution is -0.141. The molecule has 122 valence electrons. The van der Waals surface area contributed by atoms with Gasteiger partial charge in [-0.1, -0.05) is 6.07 Å². The van der Waals surface area contributed by atoms with E-state index in [1.54, 1.807) is 0 Å². The molecule has 0 saturated heterocycles. The number of benzene rings is 1. The molecule has 1 N–H and O–H groups in total. The van der Waals surface area contributed by atoms with Crippen molar-refractivity contribution in [3.63, 3.8) is 0 Å². The summed E-state index contributed by atoms with van der Waals surface area (Å²) in [6.07, 6.45) is -2.85. The first-order chi connectivity index (χ1) is 10.6. The van der Waals surface area contributed by atoms with Crippen LogP contribution in [-0.2, 0) is 16.0 Å². The number of nitrogens with one attached hydrogen (secondary N) is 1. The summed E-state index contributed by atoms with van der Waals surface area (Å²) >= 11 is 0. The van der Waals surface area contributed by atoms with Crippen LogP contribution < -0.4 is 5.32 Å². The molecular formula is C13H10F3N3O3S. The number of nitrogens with zero attached hydrogens (tertiary/aromatic N) is 2. The van der Waals surface area contributed by atoms with Crippen LogP contribution in [0.15, 0.2) is 41.4 Å². The maximum Gasteiger partial charge on any atom is 0.435 e. The van der Waals surface area contributed by atoms with Gasteiger partial charge in [0, 0.05) is 11.9 Å². The maximum absolute atomic E-state index is 12.5. The lowest BCUT2D eigenvalue weighted by atomic mass is 10.2. The van der Waals surface area contributed by atoms with E-state index in [0.29, 0.717) is 6.07 Å². The van der Waals surface area contributed by atoms with Gasteiger partial charge in [-0.3, -0.25) is 4.79 Å². The van der Waals surface area contributed by atoms with Gasteiger partial charge in [0.05, 0.1) is 16.7 Å². The summed E-state index contributed by atoms with van der Waals surface area (Å²) in [7, 11) is -3.47. The third-order valence-corrected chi connectivity index (χ3v) is 3.84. The average molecular weight is 345 g/mol. The van der Waals surface area contributed by atoms with Crippen LogP contribution in [0.2, 0.25) is 0 Å². The predicted octanol–water partition coefficient (Wildman–Crippen LogP) is 2.15. The van der Waals surface area contributed by atoms with Crippen LogP contribution in [0.1, 0.15) is 16.1 Å². The van der Waals surface area contributed by atoms with Crippen molar-refractivity contribution in [2.75, 3.05) is 11.6 Å². The molecule has 0 aliphatic rings. The molecule has 2 rings (SSSR count). The van der Waals surface area contributed by atoms with Crippen molar-refractivity contribution in [3.8, 4) is 0 Å². The second-order valence-electron chi connectivity index (χ2n) is 4.58. The molecule has 1 aromatic heterocycles. The van der Waals surface area contributed by atoms with E-state index in [4.69, 9.17) is 0 Å². The second-order valence-corrected chi connectivity index (χ2v) is 6.60. The van der Waals surface area contributed by atoms with Gasteiger partial charge in [0.1, 0.15) is 0 Å². The van der Waals surface area contributed by atoms with Crippen LogP contribution in [-0.4, -0.2) is 30.8 Å². The van der Waals surface area contributed by atoms with Gasteiger partial charge >= 0.3 is 6.18 Å². The number of sulfone groups is 1. The van der Waals surface area contributed by atoms with Gasteiger partial charge in [-0.15, -0.1) is 5.10 Å². The Morgan fingerprint density at radius 1 is 1.22 bits per heavy atom. The first-order valence-electron chi connectivity index (χ1n) is 6.09. The van der Waals surface area contributed by atoms with Crippen LogP contribution >= 0.6 is 0 Å². The maximum atomic E-state index is 12.5. The second kappa shape index (κ2) is 5.95. The lowest BCUT2D eigenvalue weighted by Gasteiger charge is -2.08. The highest BCUT2D eigenvalue weighted by molar-refractivity contribution is 7.90. The van der Waals surface area contributed by atoms with E-state index in [0.717, 1.165) is 12.5 Å². The molecular weight excluding hydrogens is 335 g/mol. The van der Waals surface area contributed by atoms with Crippen molar-refractivity contribution in [1.29, 1.82) is 0 Å². The van der Waals surface area contributed by atoms with Gasteiger partial charge in [-0.2, -0.15) is 18.3 Å². The first-order valence-corrected chi connectivity index (χ1v) is 7.98. The van der Waals surface area contributed by atoms with Gasteiger partial charge in [-0.25, -0.2) is 8.42 Å².